The van der Waals surface area contributed by atoms with E-state index in [-0.39, 0.29) is 0 Å². The molecule has 0 saturated heterocycles. The Morgan fingerprint density at radius 1 is 0.857 bits per heavy atom. The zero-order chi connectivity index (χ0) is 14.7. The monoisotopic (exact) mass is 287 g/mol. The zero-order valence-corrected chi connectivity index (χ0v) is 13.5. The summed E-state index contributed by atoms with van der Waals surface area (Å²) in [5.74, 6) is 2.56. The Bertz CT molecular complexity index is 425. The van der Waals surface area contributed by atoms with Crippen molar-refractivity contribution in [2.75, 3.05) is 5.32 Å². The van der Waals surface area contributed by atoms with Gasteiger partial charge in [-0.1, -0.05) is 20.3 Å². The molecule has 0 heterocycles. The molecule has 3 rings (SSSR count). The SMILES string of the molecule is CC1CCCC(C)C1Nc1ccc(OC2CCCC2)cc1. The molecular weight excluding hydrogens is 258 g/mol. The van der Waals surface area contributed by atoms with Crippen molar-refractivity contribution in [3.63, 3.8) is 0 Å². The molecule has 0 aromatic heterocycles. The molecule has 2 aliphatic rings. The molecule has 116 valence electrons. The van der Waals surface area contributed by atoms with Gasteiger partial charge in [-0.15, -0.1) is 0 Å². The minimum absolute atomic E-state index is 0.446. The topological polar surface area (TPSA) is 21.3 Å². The number of hydrogen-bond acceptors (Lipinski definition) is 2. The van der Waals surface area contributed by atoms with Crippen molar-refractivity contribution in [2.45, 2.75) is 70.9 Å². The lowest BCUT2D eigenvalue weighted by Crippen LogP contribution is -2.36. The number of anilines is 1. The zero-order valence-electron chi connectivity index (χ0n) is 13.5. The number of nitrogens with one attached hydrogen (secondary N) is 1. The first-order valence-corrected chi connectivity index (χ1v) is 8.75. The summed E-state index contributed by atoms with van der Waals surface area (Å²) in [4.78, 5) is 0. The Kier molecular flexibility index (Phi) is 4.72. The quantitative estimate of drug-likeness (QED) is 0.817. The van der Waals surface area contributed by atoms with E-state index in [4.69, 9.17) is 4.74 Å². The van der Waals surface area contributed by atoms with Gasteiger partial charge < -0.3 is 10.1 Å². The van der Waals surface area contributed by atoms with Crippen LogP contribution in [0.2, 0.25) is 0 Å². The van der Waals surface area contributed by atoms with Crippen LogP contribution in [0.4, 0.5) is 5.69 Å². The van der Waals surface area contributed by atoms with Crippen LogP contribution in [0.1, 0.15) is 58.8 Å². The summed E-state index contributed by atoms with van der Waals surface area (Å²) in [6, 6.07) is 9.22. The second-order valence-corrected chi connectivity index (χ2v) is 7.10. The average Bonchev–Trinajstić information content (AvgIpc) is 2.98. The average molecular weight is 287 g/mol. The summed E-state index contributed by atoms with van der Waals surface area (Å²) in [5.41, 5.74) is 1.24. The van der Waals surface area contributed by atoms with Crippen molar-refractivity contribution in [1.29, 1.82) is 0 Å². The van der Waals surface area contributed by atoms with Crippen molar-refractivity contribution in [3.05, 3.63) is 24.3 Å². The molecule has 2 atom stereocenters. The Morgan fingerprint density at radius 3 is 2.10 bits per heavy atom. The molecule has 0 aliphatic heterocycles. The normalized spacial score (nSPS) is 30.3. The highest BCUT2D eigenvalue weighted by Gasteiger charge is 2.27. The lowest BCUT2D eigenvalue weighted by Gasteiger charge is -2.36. The molecule has 21 heavy (non-hydrogen) atoms. The van der Waals surface area contributed by atoms with Crippen molar-refractivity contribution >= 4 is 5.69 Å². The van der Waals surface area contributed by atoms with Crippen LogP contribution in [0.5, 0.6) is 5.75 Å². The maximum Gasteiger partial charge on any atom is 0.119 e. The van der Waals surface area contributed by atoms with Gasteiger partial charge in [-0.2, -0.15) is 0 Å². The third kappa shape index (κ3) is 3.72. The molecule has 2 nitrogen and oxygen atoms in total. The fraction of sp³-hybridized carbons (Fsp3) is 0.684. The standard InChI is InChI=1S/C19H29NO/c1-14-6-5-7-15(2)19(14)20-16-10-12-18(13-11-16)21-17-8-3-4-9-17/h10-15,17,19-20H,3-9H2,1-2H3. The predicted molar refractivity (Wildman–Crippen MR) is 88.9 cm³/mol. The largest absolute Gasteiger partial charge is 0.490 e. The molecule has 1 N–H and O–H groups in total. The van der Waals surface area contributed by atoms with Crippen LogP contribution in [-0.2, 0) is 0 Å². The van der Waals surface area contributed by atoms with Gasteiger partial charge in [0.25, 0.3) is 0 Å². The maximum absolute atomic E-state index is 6.03. The van der Waals surface area contributed by atoms with Gasteiger partial charge in [-0.3, -0.25) is 0 Å². The van der Waals surface area contributed by atoms with Crippen molar-refractivity contribution in [3.8, 4) is 5.75 Å². The van der Waals surface area contributed by atoms with Crippen molar-refractivity contribution in [1.82, 2.24) is 0 Å². The van der Waals surface area contributed by atoms with Gasteiger partial charge >= 0.3 is 0 Å². The molecule has 0 amide bonds. The van der Waals surface area contributed by atoms with Gasteiger partial charge in [0.1, 0.15) is 5.75 Å². The van der Waals surface area contributed by atoms with Crippen LogP contribution < -0.4 is 10.1 Å². The Morgan fingerprint density at radius 2 is 1.48 bits per heavy atom. The molecular formula is C19H29NO. The first-order chi connectivity index (χ1) is 10.2. The van der Waals surface area contributed by atoms with Crippen LogP contribution in [0.3, 0.4) is 0 Å². The van der Waals surface area contributed by atoms with Gasteiger partial charge in [0.15, 0.2) is 0 Å². The molecule has 0 spiro atoms. The summed E-state index contributed by atoms with van der Waals surface area (Å²) in [5, 5.41) is 3.75. The van der Waals surface area contributed by atoms with Gasteiger partial charge in [0.2, 0.25) is 0 Å². The minimum atomic E-state index is 0.446. The molecule has 1 aromatic rings. The summed E-state index contributed by atoms with van der Waals surface area (Å²) in [6.45, 7) is 4.76. The highest BCUT2D eigenvalue weighted by atomic mass is 16.5. The van der Waals surface area contributed by atoms with Crippen molar-refractivity contribution < 1.29 is 4.74 Å². The van der Waals surface area contributed by atoms with Gasteiger partial charge in [0, 0.05) is 11.7 Å². The van der Waals surface area contributed by atoms with Crippen LogP contribution in [0.15, 0.2) is 24.3 Å². The Hall–Kier alpha value is -1.18. The lowest BCUT2D eigenvalue weighted by atomic mass is 9.78. The van der Waals surface area contributed by atoms with E-state index in [9.17, 15) is 0 Å². The van der Waals surface area contributed by atoms with E-state index in [1.807, 2.05) is 0 Å². The van der Waals surface area contributed by atoms with Gasteiger partial charge in [-0.25, -0.2) is 0 Å². The summed E-state index contributed by atoms with van der Waals surface area (Å²) < 4.78 is 6.03. The van der Waals surface area contributed by atoms with Crippen LogP contribution >= 0.6 is 0 Å². The van der Waals surface area contributed by atoms with Gasteiger partial charge in [0.05, 0.1) is 6.10 Å². The van der Waals surface area contributed by atoms with Crippen molar-refractivity contribution in [2.24, 2.45) is 11.8 Å². The first-order valence-electron chi connectivity index (χ1n) is 8.75. The van der Waals surface area contributed by atoms with E-state index in [1.165, 1.54) is 50.6 Å². The highest BCUT2D eigenvalue weighted by molar-refractivity contribution is 5.47. The van der Waals surface area contributed by atoms with E-state index >= 15 is 0 Å². The summed E-state index contributed by atoms with van der Waals surface area (Å²) in [7, 11) is 0. The third-order valence-corrected chi connectivity index (χ3v) is 5.34. The van der Waals surface area contributed by atoms with E-state index in [1.54, 1.807) is 0 Å². The van der Waals surface area contributed by atoms with E-state index in [0.29, 0.717) is 12.1 Å². The third-order valence-electron chi connectivity index (χ3n) is 5.34. The summed E-state index contributed by atoms with van der Waals surface area (Å²) in [6.07, 6.45) is 9.62. The number of rotatable bonds is 4. The Balaban J connectivity index is 1.58. The van der Waals surface area contributed by atoms with E-state index < -0.39 is 0 Å². The molecule has 2 aliphatic carbocycles. The number of ether oxygens (including phenoxy) is 1. The second kappa shape index (κ2) is 6.72. The smallest absolute Gasteiger partial charge is 0.119 e. The predicted octanol–water partition coefficient (Wildman–Crippen LogP) is 5.24. The first kappa shape index (κ1) is 14.7. The fourth-order valence-corrected chi connectivity index (χ4v) is 3.99. The minimum Gasteiger partial charge on any atom is -0.490 e. The fourth-order valence-electron chi connectivity index (χ4n) is 3.99. The summed E-state index contributed by atoms with van der Waals surface area (Å²) >= 11 is 0. The maximum atomic E-state index is 6.03. The van der Waals surface area contributed by atoms with Crippen LogP contribution in [0, 0.1) is 11.8 Å². The number of benzene rings is 1. The van der Waals surface area contributed by atoms with E-state index in [2.05, 4.69) is 43.4 Å². The number of hydrogen-bond donors (Lipinski definition) is 1. The molecule has 0 bridgehead atoms. The Labute approximate surface area is 129 Å². The second-order valence-electron chi connectivity index (χ2n) is 7.10. The lowest BCUT2D eigenvalue weighted by molar-refractivity contribution is 0.210. The highest BCUT2D eigenvalue weighted by Crippen LogP contribution is 2.32. The molecule has 2 fully saturated rings. The molecule has 2 unspecified atom stereocenters. The molecule has 0 radical (unpaired) electrons. The molecule has 1 aromatic carbocycles. The van der Waals surface area contributed by atoms with E-state index in [0.717, 1.165) is 17.6 Å². The molecule has 2 saturated carbocycles. The van der Waals surface area contributed by atoms with Crippen LogP contribution in [0.25, 0.3) is 0 Å². The van der Waals surface area contributed by atoms with Gasteiger partial charge in [-0.05, 0) is 74.6 Å². The molecule has 2 heteroatoms. The van der Waals surface area contributed by atoms with Crippen LogP contribution in [-0.4, -0.2) is 12.1 Å².